The first-order valence-corrected chi connectivity index (χ1v) is 3.80. The van der Waals surface area contributed by atoms with E-state index >= 15 is 0 Å². The summed E-state index contributed by atoms with van der Waals surface area (Å²) in [4.78, 5) is 0. The maximum atomic E-state index is 5.59. The molecule has 58 valence electrons. The average molecular weight is 141 g/mol. The first-order valence-electron chi connectivity index (χ1n) is 3.80. The summed E-state index contributed by atoms with van der Waals surface area (Å²) < 4.78 is 5.59. The van der Waals surface area contributed by atoms with Gasteiger partial charge in [0.25, 0.3) is 0 Å². The van der Waals surface area contributed by atoms with Crippen molar-refractivity contribution >= 4 is 0 Å². The minimum atomic E-state index is 0.348. The summed E-state index contributed by atoms with van der Waals surface area (Å²) in [5, 5.41) is 3.30. The Bertz CT molecular complexity index is 114. The molecule has 1 fully saturated rings. The van der Waals surface area contributed by atoms with E-state index < -0.39 is 0 Å². The van der Waals surface area contributed by atoms with Gasteiger partial charge in [-0.1, -0.05) is 6.08 Å². The molecule has 0 aromatic heterocycles. The quantitative estimate of drug-likeness (QED) is 0.578. The van der Waals surface area contributed by atoms with Gasteiger partial charge in [-0.2, -0.15) is 0 Å². The lowest BCUT2D eigenvalue weighted by Gasteiger charge is -2.27. The molecule has 1 heterocycles. The predicted octanol–water partition coefficient (Wildman–Crippen LogP) is 0.939. The fourth-order valence-corrected chi connectivity index (χ4v) is 1.20. The second-order valence-corrected chi connectivity index (χ2v) is 2.75. The summed E-state index contributed by atoms with van der Waals surface area (Å²) in [6.07, 6.45) is 3.57. The Morgan fingerprint density at radius 3 is 3.10 bits per heavy atom. The van der Waals surface area contributed by atoms with Crippen LogP contribution in [0.2, 0.25) is 0 Å². The highest BCUT2D eigenvalue weighted by Crippen LogP contribution is 2.06. The van der Waals surface area contributed by atoms with Crippen LogP contribution < -0.4 is 5.32 Å². The second kappa shape index (κ2) is 3.74. The van der Waals surface area contributed by atoms with Gasteiger partial charge in [-0.3, -0.25) is 0 Å². The third-order valence-electron chi connectivity index (χ3n) is 1.66. The fraction of sp³-hybridized carbons (Fsp3) is 0.750. The summed E-state index contributed by atoms with van der Waals surface area (Å²) in [7, 11) is 0. The lowest BCUT2D eigenvalue weighted by Crippen LogP contribution is -2.43. The average Bonchev–Trinajstić information content (AvgIpc) is 1.88. The maximum absolute atomic E-state index is 5.59. The van der Waals surface area contributed by atoms with Gasteiger partial charge in [0.05, 0.1) is 12.2 Å². The van der Waals surface area contributed by atoms with E-state index in [2.05, 4.69) is 18.8 Å². The van der Waals surface area contributed by atoms with E-state index in [0.717, 1.165) is 19.5 Å². The first kappa shape index (κ1) is 7.76. The number of hydrogen-bond acceptors (Lipinski definition) is 2. The van der Waals surface area contributed by atoms with Crippen molar-refractivity contribution in [2.75, 3.05) is 13.1 Å². The van der Waals surface area contributed by atoms with E-state index in [1.54, 1.807) is 0 Å². The van der Waals surface area contributed by atoms with Crippen LogP contribution in [0.15, 0.2) is 12.7 Å². The summed E-state index contributed by atoms with van der Waals surface area (Å²) in [6.45, 7) is 7.71. The monoisotopic (exact) mass is 141 g/mol. The number of ether oxygens (including phenoxy) is 1. The zero-order chi connectivity index (χ0) is 7.40. The Morgan fingerprint density at radius 2 is 2.50 bits per heavy atom. The van der Waals surface area contributed by atoms with Crippen LogP contribution in [0.5, 0.6) is 0 Å². The Hall–Kier alpha value is -0.340. The number of hydrogen-bond donors (Lipinski definition) is 1. The number of nitrogens with one attached hydrogen (secondary N) is 1. The zero-order valence-electron chi connectivity index (χ0n) is 6.47. The summed E-state index contributed by atoms with van der Waals surface area (Å²) in [5.41, 5.74) is 0. The molecule has 0 aromatic carbocycles. The highest BCUT2D eigenvalue weighted by molar-refractivity contribution is 4.79. The Kier molecular flexibility index (Phi) is 2.90. The third-order valence-corrected chi connectivity index (χ3v) is 1.66. The van der Waals surface area contributed by atoms with Crippen LogP contribution in [0.4, 0.5) is 0 Å². The molecule has 2 atom stereocenters. The molecule has 0 aromatic rings. The van der Waals surface area contributed by atoms with Gasteiger partial charge in [-0.05, 0) is 13.3 Å². The second-order valence-electron chi connectivity index (χ2n) is 2.75. The van der Waals surface area contributed by atoms with E-state index in [-0.39, 0.29) is 0 Å². The van der Waals surface area contributed by atoms with E-state index in [1.807, 2.05) is 6.08 Å². The summed E-state index contributed by atoms with van der Waals surface area (Å²) in [6, 6.07) is 0. The van der Waals surface area contributed by atoms with Crippen molar-refractivity contribution in [2.45, 2.75) is 25.6 Å². The van der Waals surface area contributed by atoms with Crippen LogP contribution in [0, 0.1) is 0 Å². The van der Waals surface area contributed by atoms with Gasteiger partial charge in [-0.15, -0.1) is 6.58 Å². The summed E-state index contributed by atoms with van der Waals surface area (Å²) >= 11 is 0. The number of rotatable bonds is 2. The topological polar surface area (TPSA) is 21.3 Å². The molecule has 0 amide bonds. The van der Waals surface area contributed by atoms with Crippen molar-refractivity contribution in [3.63, 3.8) is 0 Å². The van der Waals surface area contributed by atoms with E-state index in [1.165, 1.54) is 0 Å². The van der Waals surface area contributed by atoms with Crippen LogP contribution in [-0.4, -0.2) is 25.3 Å². The molecule has 2 nitrogen and oxygen atoms in total. The minimum Gasteiger partial charge on any atom is -0.372 e. The molecule has 2 unspecified atom stereocenters. The molecule has 1 aliphatic rings. The molecular formula is C8H15NO. The first-order chi connectivity index (χ1) is 4.83. The van der Waals surface area contributed by atoms with Crippen molar-refractivity contribution in [2.24, 2.45) is 0 Å². The molecule has 1 aliphatic heterocycles. The van der Waals surface area contributed by atoms with Crippen LogP contribution in [0.25, 0.3) is 0 Å². The van der Waals surface area contributed by atoms with Crippen molar-refractivity contribution in [3.8, 4) is 0 Å². The van der Waals surface area contributed by atoms with Crippen LogP contribution >= 0.6 is 0 Å². The van der Waals surface area contributed by atoms with E-state index in [9.17, 15) is 0 Å². The van der Waals surface area contributed by atoms with Gasteiger partial charge in [-0.25, -0.2) is 0 Å². The van der Waals surface area contributed by atoms with Gasteiger partial charge in [0.1, 0.15) is 0 Å². The highest BCUT2D eigenvalue weighted by atomic mass is 16.5. The van der Waals surface area contributed by atoms with Crippen molar-refractivity contribution in [1.29, 1.82) is 0 Å². The van der Waals surface area contributed by atoms with Crippen molar-refractivity contribution in [3.05, 3.63) is 12.7 Å². The molecule has 1 rings (SSSR count). The zero-order valence-corrected chi connectivity index (χ0v) is 6.47. The largest absolute Gasteiger partial charge is 0.372 e. The third kappa shape index (κ3) is 2.12. The Balaban J connectivity index is 2.24. The van der Waals surface area contributed by atoms with E-state index in [4.69, 9.17) is 4.74 Å². The number of morpholine rings is 1. The lowest BCUT2D eigenvalue weighted by molar-refractivity contribution is -0.0249. The van der Waals surface area contributed by atoms with Gasteiger partial charge < -0.3 is 10.1 Å². The molecule has 10 heavy (non-hydrogen) atoms. The predicted molar refractivity (Wildman–Crippen MR) is 42.0 cm³/mol. The molecule has 0 saturated carbocycles. The molecule has 0 radical (unpaired) electrons. The Labute approximate surface area is 62.3 Å². The molecule has 1 N–H and O–H groups in total. The lowest BCUT2D eigenvalue weighted by atomic mass is 10.2. The van der Waals surface area contributed by atoms with Crippen LogP contribution in [0.3, 0.4) is 0 Å². The minimum absolute atomic E-state index is 0.348. The maximum Gasteiger partial charge on any atom is 0.0737 e. The molecular weight excluding hydrogens is 126 g/mol. The Morgan fingerprint density at radius 1 is 1.70 bits per heavy atom. The molecule has 2 heteroatoms. The van der Waals surface area contributed by atoms with Gasteiger partial charge >= 0.3 is 0 Å². The van der Waals surface area contributed by atoms with Crippen LogP contribution in [-0.2, 0) is 4.74 Å². The SMILES string of the molecule is C=CCC1CNCC(C)O1. The smallest absolute Gasteiger partial charge is 0.0737 e. The van der Waals surface area contributed by atoms with Crippen molar-refractivity contribution in [1.82, 2.24) is 5.32 Å². The molecule has 0 bridgehead atoms. The standard InChI is InChI=1S/C8H15NO/c1-3-4-8-6-9-5-7(2)10-8/h3,7-9H,1,4-6H2,2H3. The van der Waals surface area contributed by atoms with Crippen LogP contribution in [0.1, 0.15) is 13.3 Å². The molecule has 0 aliphatic carbocycles. The highest BCUT2D eigenvalue weighted by Gasteiger charge is 2.16. The van der Waals surface area contributed by atoms with Gasteiger partial charge in [0.15, 0.2) is 0 Å². The molecule has 0 spiro atoms. The molecule has 1 saturated heterocycles. The van der Waals surface area contributed by atoms with Gasteiger partial charge in [0, 0.05) is 13.1 Å². The van der Waals surface area contributed by atoms with Crippen molar-refractivity contribution < 1.29 is 4.74 Å². The fourth-order valence-electron chi connectivity index (χ4n) is 1.20. The van der Waals surface area contributed by atoms with E-state index in [0.29, 0.717) is 12.2 Å². The normalized spacial score (nSPS) is 33.7. The van der Waals surface area contributed by atoms with Gasteiger partial charge in [0.2, 0.25) is 0 Å². The summed E-state index contributed by atoms with van der Waals surface area (Å²) in [5.74, 6) is 0.